The van der Waals surface area contributed by atoms with Crippen molar-refractivity contribution in [2.45, 2.75) is 24.9 Å². The normalized spacial score (nSPS) is 28.4. The Bertz CT molecular complexity index is 466. The monoisotopic (exact) mass is 247 g/mol. The molecule has 17 heavy (non-hydrogen) atoms. The van der Waals surface area contributed by atoms with Gasteiger partial charge in [-0.05, 0) is 17.7 Å². The Morgan fingerprint density at radius 1 is 1.18 bits per heavy atom. The lowest BCUT2D eigenvalue weighted by atomic mass is 9.91. The molecule has 0 N–H and O–H groups in total. The van der Waals surface area contributed by atoms with E-state index in [9.17, 15) is 4.79 Å². The molecule has 1 saturated heterocycles. The Morgan fingerprint density at radius 3 is 2.71 bits per heavy atom. The molecule has 0 spiro atoms. The zero-order valence-corrected chi connectivity index (χ0v) is 10.2. The van der Waals surface area contributed by atoms with Gasteiger partial charge in [0.15, 0.2) is 0 Å². The van der Waals surface area contributed by atoms with Crippen molar-refractivity contribution in [2.75, 3.05) is 6.54 Å². The highest BCUT2D eigenvalue weighted by Crippen LogP contribution is 2.35. The van der Waals surface area contributed by atoms with Crippen molar-refractivity contribution in [3.05, 3.63) is 47.0 Å². The first kappa shape index (κ1) is 11.0. The fourth-order valence-corrected chi connectivity index (χ4v) is 2.90. The number of nitrogens with zero attached hydrogens (tertiary/aromatic N) is 1. The molecule has 0 aliphatic carbocycles. The first-order valence-electron chi connectivity index (χ1n) is 5.93. The Balaban J connectivity index is 1.90. The summed E-state index contributed by atoms with van der Waals surface area (Å²) in [5.74, 6) is 0.359. The molecule has 88 valence electrons. The Labute approximate surface area is 106 Å². The molecule has 1 aromatic carbocycles. The van der Waals surface area contributed by atoms with Gasteiger partial charge >= 0.3 is 0 Å². The summed E-state index contributed by atoms with van der Waals surface area (Å²) < 4.78 is 0. The van der Waals surface area contributed by atoms with Gasteiger partial charge in [-0.1, -0.05) is 35.9 Å². The number of hydrogen-bond acceptors (Lipinski definition) is 2. The number of hydrogen-bond donors (Lipinski definition) is 0. The third-order valence-corrected chi connectivity index (χ3v) is 3.87. The molecule has 3 heteroatoms. The smallest absolute Gasteiger partial charge is 0.136 e. The molecule has 2 aliphatic rings. The molecule has 2 atom stereocenters. The number of carbonyl (C=O) groups is 1. The van der Waals surface area contributed by atoms with Crippen molar-refractivity contribution in [3.8, 4) is 0 Å². The Morgan fingerprint density at radius 2 is 1.94 bits per heavy atom. The summed E-state index contributed by atoms with van der Waals surface area (Å²) in [5.41, 5.74) is 1.19. The molecule has 0 amide bonds. The number of carbonyl (C=O) groups excluding carboxylic acids is 1. The lowest BCUT2D eigenvalue weighted by Gasteiger charge is -2.37. The van der Waals surface area contributed by atoms with Crippen LogP contribution in [0.15, 0.2) is 36.4 Å². The number of benzene rings is 1. The third kappa shape index (κ3) is 2.03. The van der Waals surface area contributed by atoms with E-state index in [1.54, 1.807) is 0 Å². The van der Waals surface area contributed by atoms with Crippen molar-refractivity contribution in [1.82, 2.24) is 4.90 Å². The predicted molar refractivity (Wildman–Crippen MR) is 68.1 cm³/mol. The molecule has 2 heterocycles. The van der Waals surface area contributed by atoms with Gasteiger partial charge in [0.25, 0.3) is 0 Å². The fraction of sp³-hybridized carbons (Fsp3) is 0.357. The van der Waals surface area contributed by atoms with Gasteiger partial charge in [0.2, 0.25) is 0 Å². The number of Topliss-reactive ketones (excluding diaryl/α,β-unsaturated/α-hetero) is 1. The molecule has 1 fully saturated rings. The van der Waals surface area contributed by atoms with Crippen molar-refractivity contribution in [2.24, 2.45) is 0 Å². The largest absolute Gasteiger partial charge is 0.300 e. The molecule has 0 saturated carbocycles. The minimum Gasteiger partial charge on any atom is -0.300 e. The summed E-state index contributed by atoms with van der Waals surface area (Å²) in [6.45, 7) is 0.950. The SMILES string of the molecule is O=C1C[C@H](c2ccc(Cl)cc2)N2CC=C[C@H]2C1. The van der Waals surface area contributed by atoms with Gasteiger partial charge in [-0.2, -0.15) is 0 Å². The van der Waals surface area contributed by atoms with Crippen molar-refractivity contribution < 1.29 is 4.79 Å². The van der Waals surface area contributed by atoms with Crippen LogP contribution >= 0.6 is 11.6 Å². The molecule has 0 bridgehead atoms. The van der Waals surface area contributed by atoms with Crippen LogP contribution in [0.4, 0.5) is 0 Å². The lowest BCUT2D eigenvalue weighted by Crippen LogP contribution is -2.41. The second-order valence-electron chi connectivity index (χ2n) is 4.71. The average molecular weight is 248 g/mol. The summed E-state index contributed by atoms with van der Waals surface area (Å²) in [6.07, 6.45) is 5.60. The summed E-state index contributed by atoms with van der Waals surface area (Å²) in [7, 11) is 0. The van der Waals surface area contributed by atoms with E-state index in [0.29, 0.717) is 24.7 Å². The number of ketones is 1. The van der Waals surface area contributed by atoms with Crippen molar-refractivity contribution in [3.63, 3.8) is 0 Å². The topological polar surface area (TPSA) is 20.3 Å². The predicted octanol–water partition coefficient (Wildman–Crippen LogP) is 2.98. The summed E-state index contributed by atoms with van der Waals surface area (Å²) >= 11 is 5.90. The van der Waals surface area contributed by atoms with Crippen LogP contribution in [-0.4, -0.2) is 23.3 Å². The van der Waals surface area contributed by atoms with E-state index >= 15 is 0 Å². The second-order valence-corrected chi connectivity index (χ2v) is 5.14. The van der Waals surface area contributed by atoms with E-state index in [4.69, 9.17) is 11.6 Å². The third-order valence-electron chi connectivity index (χ3n) is 3.61. The van der Waals surface area contributed by atoms with Crippen LogP contribution in [0.25, 0.3) is 0 Å². The van der Waals surface area contributed by atoms with Gasteiger partial charge in [0.1, 0.15) is 5.78 Å². The maximum atomic E-state index is 11.8. The quantitative estimate of drug-likeness (QED) is 0.711. The molecular weight excluding hydrogens is 234 g/mol. The first-order valence-corrected chi connectivity index (χ1v) is 6.31. The van der Waals surface area contributed by atoms with Crippen LogP contribution in [0.3, 0.4) is 0 Å². The van der Waals surface area contributed by atoms with Crippen molar-refractivity contribution >= 4 is 17.4 Å². The van der Waals surface area contributed by atoms with Gasteiger partial charge in [-0.15, -0.1) is 0 Å². The van der Waals surface area contributed by atoms with E-state index in [1.165, 1.54) is 5.56 Å². The van der Waals surface area contributed by atoms with E-state index in [0.717, 1.165) is 11.6 Å². The maximum absolute atomic E-state index is 11.8. The van der Waals surface area contributed by atoms with Gasteiger partial charge in [-0.3, -0.25) is 9.69 Å². The zero-order chi connectivity index (χ0) is 11.8. The van der Waals surface area contributed by atoms with Crippen LogP contribution < -0.4 is 0 Å². The van der Waals surface area contributed by atoms with Crippen molar-refractivity contribution in [1.29, 1.82) is 0 Å². The number of rotatable bonds is 1. The van der Waals surface area contributed by atoms with E-state index < -0.39 is 0 Å². The lowest BCUT2D eigenvalue weighted by molar-refractivity contribution is -0.124. The summed E-state index contributed by atoms with van der Waals surface area (Å²) in [6, 6.07) is 8.37. The molecule has 0 aromatic heterocycles. The minimum atomic E-state index is 0.216. The molecule has 0 unspecified atom stereocenters. The van der Waals surface area contributed by atoms with Crippen LogP contribution in [-0.2, 0) is 4.79 Å². The fourth-order valence-electron chi connectivity index (χ4n) is 2.77. The number of halogens is 1. The summed E-state index contributed by atoms with van der Waals surface area (Å²) in [4.78, 5) is 14.2. The maximum Gasteiger partial charge on any atom is 0.136 e. The minimum absolute atomic E-state index is 0.216. The highest BCUT2D eigenvalue weighted by Gasteiger charge is 2.35. The standard InChI is InChI=1S/C14H14ClNO/c15-11-5-3-10(4-6-11)14-9-13(17)8-12-2-1-7-16(12)14/h1-6,12,14H,7-9H2/t12-,14+/m0/s1. The highest BCUT2D eigenvalue weighted by molar-refractivity contribution is 6.30. The van der Waals surface area contributed by atoms with Gasteiger partial charge in [0.05, 0.1) is 0 Å². The summed E-state index contributed by atoms with van der Waals surface area (Å²) in [5, 5.41) is 0.743. The molecule has 2 aliphatic heterocycles. The van der Waals surface area contributed by atoms with Crippen LogP contribution in [0.1, 0.15) is 24.4 Å². The molecule has 2 nitrogen and oxygen atoms in total. The molecule has 0 radical (unpaired) electrons. The van der Waals surface area contributed by atoms with Gasteiger partial charge < -0.3 is 0 Å². The van der Waals surface area contributed by atoms with Crippen LogP contribution in [0, 0.1) is 0 Å². The second kappa shape index (κ2) is 4.28. The Hall–Kier alpha value is -1.12. The van der Waals surface area contributed by atoms with Crippen LogP contribution in [0.5, 0.6) is 0 Å². The van der Waals surface area contributed by atoms with Gasteiger partial charge in [0, 0.05) is 36.5 Å². The highest BCUT2D eigenvalue weighted by atomic mass is 35.5. The first-order chi connectivity index (χ1) is 8.24. The number of fused-ring (bicyclic) bond motifs is 1. The zero-order valence-electron chi connectivity index (χ0n) is 9.47. The Kier molecular flexibility index (Phi) is 2.77. The van der Waals surface area contributed by atoms with Crippen LogP contribution in [0.2, 0.25) is 5.02 Å². The molecule has 1 aromatic rings. The number of piperidine rings is 1. The average Bonchev–Trinajstić information content (AvgIpc) is 2.77. The van der Waals surface area contributed by atoms with E-state index in [1.807, 2.05) is 24.3 Å². The van der Waals surface area contributed by atoms with Gasteiger partial charge in [-0.25, -0.2) is 0 Å². The van der Waals surface area contributed by atoms with E-state index in [-0.39, 0.29) is 6.04 Å². The van der Waals surface area contributed by atoms with E-state index in [2.05, 4.69) is 17.1 Å². The molecular formula is C14H14ClNO. The molecule has 3 rings (SSSR count).